The summed E-state index contributed by atoms with van der Waals surface area (Å²) in [6.45, 7) is 1.64. The smallest absolute Gasteiger partial charge is 0.160 e. The first-order valence-corrected chi connectivity index (χ1v) is 3.10. The number of hydrogen-bond donors (Lipinski definition) is 2. The van der Waals surface area contributed by atoms with Crippen molar-refractivity contribution in [3.05, 3.63) is 16.9 Å². The lowest BCUT2D eigenvalue weighted by Crippen LogP contribution is -1.90. The standard InChI is InChI=1S/C6H7ClN2O/c1-3-6(10)4(8)2-5(7)9-3/h2,10H,1H3,(H2,8,9). The molecule has 0 aliphatic carbocycles. The molecule has 1 rings (SSSR count). The third-order valence-corrected chi connectivity index (χ3v) is 1.36. The fourth-order valence-corrected chi connectivity index (χ4v) is 0.895. The lowest BCUT2D eigenvalue weighted by molar-refractivity contribution is 0.470. The van der Waals surface area contributed by atoms with Gasteiger partial charge in [-0.15, -0.1) is 0 Å². The average molecular weight is 159 g/mol. The van der Waals surface area contributed by atoms with Gasteiger partial charge in [-0.1, -0.05) is 11.6 Å². The van der Waals surface area contributed by atoms with E-state index in [1.807, 2.05) is 0 Å². The van der Waals surface area contributed by atoms with Gasteiger partial charge in [-0.05, 0) is 6.92 Å². The minimum atomic E-state index is 0.00407. The molecule has 0 amide bonds. The summed E-state index contributed by atoms with van der Waals surface area (Å²) < 4.78 is 0. The Labute approximate surface area is 63.5 Å². The van der Waals surface area contributed by atoms with Crippen molar-refractivity contribution in [1.29, 1.82) is 0 Å². The van der Waals surface area contributed by atoms with E-state index < -0.39 is 0 Å². The molecule has 0 bridgehead atoms. The van der Waals surface area contributed by atoms with Gasteiger partial charge in [0.25, 0.3) is 0 Å². The Balaban J connectivity index is 3.31. The fraction of sp³-hybridized carbons (Fsp3) is 0.167. The van der Waals surface area contributed by atoms with Crippen molar-refractivity contribution in [3.8, 4) is 5.75 Å². The molecule has 0 spiro atoms. The molecule has 54 valence electrons. The first-order chi connectivity index (χ1) is 4.61. The molecule has 4 heteroatoms. The van der Waals surface area contributed by atoms with Crippen LogP contribution in [0.25, 0.3) is 0 Å². The molecular formula is C6H7ClN2O. The fourth-order valence-electron chi connectivity index (χ4n) is 0.651. The van der Waals surface area contributed by atoms with Crippen LogP contribution in [0.1, 0.15) is 5.69 Å². The van der Waals surface area contributed by atoms with E-state index in [0.717, 1.165) is 0 Å². The predicted octanol–water partition coefficient (Wildman–Crippen LogP) is 1.33. The van der Waals surface area contributed by atoms with E-state index in [1.165, 1.54) is 6.07 Å². The van der Waals surface area contributed by atoms with E-state index in [0.29, 0.717) is 10.8 Å². The van der Waals surface area contributed by atoms with Gasteiger partial charge in [0.15, 0.2) is 5.75 Å². The van der Waals surface area contributed by atoms with Crippen LogP contribution in [0.3, 0.4) is 0 Å². The molecule has 1 heterocycles. The first kappa shape index (κ1) is 7.15. The van der Waals surface area contributed by atoms with Crippen LogP contribution < -0.4 is 5.73 Å². The van der Waals surface area contributed by atoms with Crippen LogP contribution in [0, 0.1) is 6.92 Å². The number of aromatic hydroxyl groups is 1. The summed E-state index contributed by atoms with van der Waals surface area (Å²) in [5, 5.41) is 9.38. The van der Waals surface area contributed by atoms with Gasteiger partial charge in [0.05, 0.1) is 11.4 Å². The molecule has 0 unspecified atom stereocenters. The van der Waals surface area contributed by atoms with Crippen LogP contribution >= 0.6 is 11.6 Å². The molecule has 1 aromatic heterocycles. The number of anilines is 1. The van der Waals surface area contributed by atoms with Crippen molar-refractivity contribution in [2.45, 2.75) is 6.92 Å². The zero-order chi connectivity index (χ0) is 7.72. The highest BCUT2D eigenvalue weighted by Gasteiger charge is 2.02. The maximum Gasteiger partial charge on any atom is 0.160 e. The van der Waals surface area contributed by atoms with E-state index in [9.17, 15) is 0 Å². The van der Waals surface area contributed by atoms with Crippen LogP contribution in [0.15, 0.2) is 6.07 Å². The number of aryl methyl sites for hydroxylation is 1. The molecular weight excluding hydrogens is 152 g/mol. The molecule has 0 aliphatic heterocycles. The molecule has 0 radical (unpaired) electrons. The third kappa shape index (κ3) is 1.14. The van der Waals surface area contributed by atoms with Gasteiger partial charge in [-0.3, -0.25) is 0 Å². The molecule has 0 saturated carbocycles. The summed E-state index contributed by atoms with van der Waals surface area (Å²) >= 11 is 5.52. The second-order valence-electron chi connectivity index (χ2n) is 1.97. The summed E-state index contributed by atoms with van der Waals surface area (Å²) in [6, 6.07) is 1.41. The van der Waals surface area contributed by atoms with E-state index in [4.69, 9.17) is 22.4 Å². The lowest BCUT2D eigenvalue weighted by atomic mass is 10.3. The zero-order valence-electron chi connectivity index (χ0n) is 5.43. The van der Waals surface area contributed by atoms with Crippen molar-refractivity contribution in [3.63, 3.8) is 0 Å². The van der Waals surface area contributed by atoms with Crippen molar-refractivity contribution >= 4 is 17.3 Å². The number of nitrogens with two attached hydrogens (primary N) is 1. The monoisotopic (exact) mass is 158 g/mol. The zero-order valence-corrected chi connectivity index (χ0v) is 6.18. The van der Waals surface area contributed by atoms with Crippen LogP contribution in [0.4, 0.5) is 5.69 Å². The Morgan fingerprint density at radius 1 is 1.70 bits per heavy atom. The lowest BCUT2D eigenvalue weighted by Gasteiger charge is -2.00. The molecule has 0 atom stereocenters. The number of hydrogen-bond acceptors (Lipinski definition) is 3. The Hall–Kier alpha value is -0.960. The van der Waals surface area contributed by atoms with Gasteiger partial charge in [-0.25, -0.2) is 4.98 Å². The van der Waals surface area contributed by atoms with Gasteiger partial charge >= 0.3 is 0 Å². The maximum absolute atomic E-state index is 9.08. The minimum absolute atomic E-state index is 0.00407. The summed E-state index contributed by atoms with van der Waals surface area (Å²) in [5.74, 6) is 0.00407. The normalized spacial score (nSPS) is 9.80. The van der Waals surface area contributed by atoms with Gasteiger partial charge < -0.3 is 10.8 Å². The second kappa shape index (κ2) is 2.34. The SMILES string of the molecule is Cc1nc(Cl)cc(N)c1O. The van der Waals surface area contributed by atoms with E-state index in [1.54, 1.807) is 6.92 Å². The largest absolute Gasteiger partial charge is 0.504 e. The Morgan fingerprint density at radius 3 is 2.80 bits per heavy atom. The Morgan fingerprint density at radius 2 is 2.30 bits per heavy atom. The summed E-state index contributed by atoms with van der Waals surface area (Å²) in [4.78, 5) is 3.77. The molecule has 0 saturated heterocycles. The highest BCUT2D eigenvalue weighted by atomic mass is 35.5. The minimum Gasteiger partial charge on any atom is -0.504 e. The van der Waals surface area contributed by atoms with Crippen LogP contribution in [0.5, 0.6) is 5.75 Å². The summed E-state index contributed by atoms with van der Waals surface area (Å²) in [6.07, 6.45) is 0. The summed E-state index contributed by atoms with van der Waals surface area (Å²) in [7, 11) is 0. The predicted molar refractivity (Wildman–Crippen MR) is 40.1 cm³/mol. The molecule has 0 aliphatic rings. The molecule has 0 fully saturated rings. The summed E-state index contributed by atoms with van der Waals surface area (Å²) in [5.41, 5.74) is 6.06. The quantitative estimate of drug-likeness (QED) is 0.560. The van der Waals surface area contributed by atoms with Gasteiger partial charge in [0.2, 0.25) is 0 Å². The Bertz CT molecular complexity index is 239. The van der Waals surface area contributed by atoms with Crippen molar-refractivity contribution < 1.29 is 5.11 Å². The average Bonchev–Trinajstić information content (AvgIpc) is 1.82. The van der Waals surface area contributed by atoms with Crippen molar-refractivity contribution in [2.75, 3.05) is 5.73 Å². The van der Waals surface area contributed by atoms with Gasteiger partial charge in [0.1, 0.15) is 5.15 Å². The van der Waals surface area contributed by atoms with Crippen molar-refractivity contribution in [1.82, 2.24) is 4.98 Å². The number of nitrogens with zero attached hydrogens (tertiary/aromatic N) is 1. The molecule has 0 aromatic carbocycles. The molecule has 3 N–H and O–H groups in total. The highest BCUT2D eigenvalue weighted by molar-refractivity contribution is 6.29. The van der Waals surface area contributed by atoms with Gasteiger partial charge in [-0.2, -0.15) is 0 Å². The second-order valence-corrected chi connectivity index (χ2v) is 2.36. The third-order valence-electron chi connectivity index (χ3n) is 1.17. The Kier molecular flexibility index (Phi) is 1.68. The first-order valence-electron chi connectivity index (χ1n) is 2.73. The van der Waals surface area contributed by atoms with Crippen molar-refractivity contribution in [2.24, 2.45) is 0 Å². The number of aromatic nitrogens is 1. The van der Waals surface area contributed by atoms with Crippen LogP contribution in [-0.2, 0) is 0 Å². The number of nitrogen functional groups attached to an aromatic ring is 1. The van der Waals surface area contributed by atoms with Crippen LogP contribution in [0.2, 0.25) is 5.15 Å². The molecule has 10 heavy (non-hydrogen) atoms. The highest BCUT2D eigenvalue weighted by Crippen LogP contribution is 2.24. The van der Waals surface area contributed by atoms with Gasteiger partial charge in [0, 0.05) is 6.07 Å². The van der Waals surface area contributed by atoms with E-state index in [-0.39, 0.29) is 11.4 Å². The topological polar surface area (TPSA) is 59.1 Å². The number of halogens is 1. The van der Waals surface area contributed by atoms with E-state index in [2.05, 4.69) is 4.98 Å². The van der Waals surface area contributed by atoms with Crippen LogP contribution in [-0.4, -0.2) is 10.1 Å². The molecule has 1 aromatic rings. The molecule has 3 nitrogen and oxygen atoms in total. The van der Waals surface area contributed by atoms with E-state index >= 15 is 0 Å². The number of pyridine rings is 1. The maximum atomic E-state index is 9.08. The number of rotatable bonds is 0.